The standard InChI is InChI=1S/C22H28N4OS/c1-13(2)17-15-11-27-22(3,4)10-14(15)16-18-19(28-21(16)25-17)20(24-12-23-18)26-8-6-5-7-9-26/h12-13H,5-11H2,1-4H3. The highest BCUT2D eigenvalue weighted by atomic mass is 32.1. The molecule has 1 saturated heterocycles. The van der Waals surface area contributed by atoms with Crippen LogP contribution in [0.4, 0.5) is 5.82 Å². The highest BCUT2D eigenvalue weighted by Crippen LogP contribution is 2.43. The number of anilines is 1. The summed E-state index contributed by atoms with van der Waals surface area (Å²) >= 11 is 1.77. The van der Waals surface area contributed by atoms with Crippen molar-refractivity contribution in [1.29, 1.82) is 0 Å². The summed E-state index contributed by atoms with van der Waals surface area (Å²) in [6.07, 6.45) is 6.45. The smallest absolute Gasteiger partial charge is 0.150 e. The first-order chi connectivity index (χ1) is 13.4. The fourth-order valence-electron chi connectivity index (χ4n) is 4.63. The molecule has 0 radical (unpaired) electrons. The molecule has 2 aliphatic heterocycles. The lowest BCUT2D eigenvalue weighted by atomic mass is 9.87. The first-order valence-corrected chi connectivity index (χ1v) is 11.2. The van der Waals surface area contributed by atoms with E-state index in [1.165, 1.54) is 46.2 Å². The summed E-state index contributed by atoms with van der Waals surface area (Å²) in [6, 6.07) is 0. The number of rotatable bonds is 2. The average Bonchev–Trinajstić information content (AvgIpc) is 3.06. The van der Waals surface area contributed by atoms with E-state index >= 15 is 0 Å². The molecule has 0 saturated carbocycles. The van der Waals surface area contributed by atoms with Crippen LogP contribution in [0.2, 0.25) is 0 Å². The van der Waals surface area contributed by atoms with Gasteiger partial charge in [0.05, 0.1) is 28.1 Å². The van der Waals surface area contributed by atoms with E-state index in [9.17, 15) is 0 Å². The third-order valence-corrected chi connectivity index (χ3v) is 7.11. The zero-order chi connectivity index (χ0) is 19.5. The fourth-order valence-corrected chi connectivity index (χ4v) is 5.81. The number of pyridine rings is 1. The van der Waals surface area contributed by atoms with E-state index in [1.54, 1.807) is 17.7 Å². The van der Waals surface area contributed by atoms with Gasteiger partial charge in [0.25, 0.3) is 0 Å². The number of hydrogen-bond acceptors (Lipinski definition) is 6. The normalized spacial score (nSPS) is 19.5. The summed E-state index contributed by atoms with van der Waals surface area (Å²) < 4.78 is 7.36. The Bertz CT molecular complexity index is 1050. The van der Waals surface area contributed by atoms with Crippen molar-refractivity contribution in [2.75, 3.05) is 18.0 Å². The second-order valence-electron chi connectivity index (χ2n) is 9.04. The second-order valence-corrected chi connectivity index (χ2v) is 10.0. The number of ether oxygens (including phenoxy) is 1. The van der Waals surface area contributed by atoms with Crippen LogP contribution in [0, 0.1) is 0 Å². The predicted molar refractivity (Wildman–Crippen MR) is 115 cm³/mol. The van der Waals surface area contributed by atoms with Crippen molar-refractivity contribution < 1.29 is 4.74 Å². The summed E-state index contributed by atoms with van der Waals surface area (Å²) in [4.78, 5) is 18.1. The minimum atomic E-state index is -0.160. The number of piperidine rings is 1. The minimum Gasteiger partial charge on any atom is -0.370 e. The van der Waals surface area contributed by atoms with Crippen molar-refractivity contribution in [3.05, 3.63) is 23.1 Å². The molecule has 0 bridgehead atoms. The molecule has 0 N–H and O–H groups in total. The molecule has 5 nitrogen and oxygen atoms in total. The molecule has 5 rings (SSSR count). The molecular formula is C22H28N4OS. The fraction of sp³-hybridized carbons (Fsp3) is 0.591. The number of fused-ring (bicyclic) bond motifs is 5. The molecule has 3 aromatic heterocycles. The maximum atomic E-state index is 6.16. The molecule has 0 aromatic carbocycles. The Morgan fingerprint density at radius 1 is 1.11 bits per heavy atom. The van der Waals surface area contributed by atoms with Crippen LogP contribution < -0.4 is 4.90 Å². The second kappa shape index (κ2) is 6.63. The van der Waals surface area contributed by atoms with Crippen LogP contribution in [0.3, 0.4) is 0 Å². The third kappa shape index (κ3) is 2.89. The Labute approximate surface area is 170 Å². The van der Waals surface area contributed by atoms with E-state index in [0.29, 0.717) is 12.5 Å². The van der Waals surface area contributed by atoms with E-state index in [-0.39, 0.29) is 5.60 Å². The number of nitrogens with zero attached hydrogens (tertiary/aromatic N) is 4. The average molecular weight is 397 g/mol. The summed E-state index contributed by atoms with van der Waals surface area (Å²) in [5, 5.41) is 1.23. The summed E-state index contributed by atoms with van der Waals surface area (Å²) in [5.41, 5.74) is 4.76. The van der Waals surface area contributed by atoms with Gasteiger partial charge in [-0.2, -0.15) is 0 Å². The van der Waals surface area contributed by atoms with Crippen LogP contribution in [-0.4, -0.2) is 33.6 Å². The molecule has 1 fully saturated rings. The highest BCUT2D eigenvalue weighted by Gasteiger charge is 2.32. The number of hydrogen-bond donors (Lipinski definition) is 0. The summed E-state index contributed by atoms with van der Waals surface area (Å²) in [5.74, 6) is 1.47. The Kier molecular flexibility index (Phi) is 4.32. The van der Waals surface area contributed by atoms with Crippen molar-refractivity contribution in [3.63, 3.8) is 0 Å². The van der Waals surface area contributed by atoms with Crippen molar-refractivity contribution in [2.24, 2.45) is 0 Å². The molecule has 0 atom stereocenters. The lowest BCUT2D eigenvalue weighted by Crippen LogP contribution is -2.33. The monoisotopic (exact) mass is 396 g/mol. The Morgan fingerprint density at radius 3 is 2.64 bits per heavy atom. The first kappa shape index (κ1) is 18.3. The molecule has 5 heterocycles. The lowest BCUT2D eigenvalue weighted by Gasteiger charge is -2.33. The topological polar surface area (TPSA) is 51.1 Å². The summed E-state index contributed by atoms with van der Waals surface area (Å²) in [7, 11) is 0. The van der Waals surface area contributed by atoms with Gasteiger partial charge in [0, 0.05) is 30.5 Å². The third-order valence-electron chi connectivity index (χ3n) is 6.04. The molecule has 28 heavy (non-hydrogen) atoms. The maximum absolute atomic E-state index is 6.16. The molecular weight excluding hydrogens is 368 g/mol. The molecule has 6 heteroatoms. The van der Waals surface area contributed by atoms with Crippen molar-refractivity contribution in [2.45, 2.75) is 71.5 Å². The van der Waals surface area contributed by atoms with E-state index in [1.807, 2.05) is 0 Å². The van der Waals surface area contributed by atoms with Crippen LogP contribution in [-0.2, 0) is 17.8 Å². The Hall–Kier alpha value is -1.79. The Morgan fingerprint density at radius 2 is 1.89 bits per heavy atom. The van der Waals surface area contributed by atoms with Gasteiger partial charge in [0.2, 0.25) is 0 Å². The van der Waals surface area contributed by atoms with Crippen LogP contribution >= 0.6 is 11.3 Å². The zero-order valence-electron chi connectivity index (χ0n) is 17.2. The van der Waals surface area contributed by atoms with Gasteiger partial charge >= 0.3 is 0 Å². The first-order valence-electron chi connectivity index (χ1n) is 10.4. The van der Waals surface area contributed by atoms with Gasteiger partial charge < -0.3 is 9.64 Å². The van der Waals surface area contributed by atoms with Crippen molar-refractivity contribution >= 4 is 37.6 Å². The largest absolute Gasteiger partial charge is 0.370 e. The van der Waals surface area contributed by atoms with Crippen LogP contribution in [0.5, 0.6) is 0 Å². The van der Waals surface area contributed by atoms with Crippen molar-refractivity contribution in [3.8, 4) is 0 Å². The van der Waals surface area contributed by atoms with Crippen molar-refractivity contribution in [1.82, 2.24) is 15.0 Å². The molecule has 2 aliphatic rings. The van der Waals surface area contributed by atoms with Gasteiger partial charge in [-0.3, -0.25) is 0 Å². The van der Waals surface area contributed by atoms with Gasteiger partial charge in [-0.25, -0.2) is 15.0 Å². The highest BCUT2D eigenvalue weighted by molar-refractivity contribution is 7.26. The zero-order valence-corrected chi connectivity index (χ0v) is 18.0. The Balaban J connectivity index is 1.79. The molecule has 0 aliphatic carbocycles. The van der Waals surface area contributed by atoms with E-state index in [2.05, 4.69) is 32.6 Å². The van der Waals surface area contributed by atoms with Crippen LogP contribution in [0.25, 0.3) is 20.4 Å². The number of aromatic nitrogens is 3. The van der Waals surface area contributed by atoms with Gasteiger partial charge in [-0.1, -0.05) is 13.8 Å². The van der Waals surface area contributed by atoms with E-state index in [0.717, 1.165) is 35.7 Å². The maximum Gasteiger partial charge on any atom is 0.150 e. The van der Waals surface area contributed by atoms with Gasteiger partial charge in [-0.05, 0) is 44.6 Å². The van der Waals surface area contributed by atoms with E-state index in [4.69, 9.17) is 19.7 Å². The van der Waals surface area contributed by atoms with Gasteiger partial charge in [0.1, 0.15) is 17.0 Å². The molecule has 0 amide bonds. The van der Waals surface area contributed by atoms with Gasteiger partial charge in [0.15, 0.2) is 0 Å². The van der Waals surface area contributed by atoms with Gasteiger partial charge in [-0.15, -0.1) is 11.3 Å². The number of thiophene rings is 1. The predicted octanol–water partition coefficient (Wildman–Crippen LogP) is 5.20. The molecule has 3 aromatic rings. The van der Waals surface area contributed by atoms with Crippen LogP contribution in [0.15, 0.2) is 6.33 Å². The van der Waals surface area contributed by atoms with E-state index < -0.39 is 0 Å². The minimum absolute atomic E-state index is 0.160. The molecule has 0 spiro atoms. The quantitative estimate of drug-likeness (QED) is 0.595. The lowest BCUT2D eigenvalue weighted by molar-refractivity contribution is -0.0402. The van der Waals surface area contributed by atoms with Crippen LogP contribution in [0.1, 0.15) is 69.7 Å². The SMILES string of the molecule is CC(C)c1nc2sc3c(N4CCCCC4)ncnc3c2c2c1COC(C)(C)C2. The molecule has 148 valence electrons. The molecule has 0 unspecified atom stereocenters. The summed E-state index contributed by atoms with van der Waals surface area (Å²) in [6.45, 7) is 11.6.